The Bertz CT molecular complexity index is 944. The third-order valence-corrected chi connectivity index (χ3v) is 4.88. The Hall–Kier alpha value is -2.53. The molecule has 2 aromatic carbocycles. The average molecular weight is 390 g/mol. The highest BCUT2D eigenvalue weighted by atomic mass is 35.5. The molecule has 1 fully saturated rings. The zero-order chi connectivity index (χ0) is 19.1. The van der Waals surface area contributed by atoms with Crippen LogP contribution in [0.5, 0.6) is 0 Å². The van der Waals surface area contributed by atoms with Crippen molar-refractivity contribution in [3.8, 4) is 6.07 Å². The summed E-state index contributed by atoms with van der Waals surface area (Å²) in [6.45, 7) is 1.51. The summed E-state index contributed by atoms with van der Waals surface area (Å²) in [6.07, 6.45) is -1.26. The van der Waals surface area contributed by atoms with Gasteiger partial charge < -0.3 is 10.4 Å². The molecule has 0 saturated carbocycles. The molecule has 1 aliphatic rings. The maximum atomic E-state index is 13.1. The molecule has 5 nitrogen and oxygen atoms in total. The number of rotatable bonds is 3. The van der Waals surface area contributed by atoms with Crippen LogP contribution in [0.25, 0.3) is 0 Å². The molecule has 2 atom stereocenters. The van der Waals surface area contributed by atoms with Crippen LogP contribution in [0.1, 0.15) is 24.2 Å². The van der Waals surface area contributed by atoms with Crippen LogP contribution in [0.2, 0.25) is 5.02 Å². The number of nitriles is 1. The predicted octanol–water partition coefficient (Wildman–Crippen LogP) is 3.06. The molecule has 1 heterocycles. The zero-order valence-electron chi connectivity index (χ0n) is 13.5. The lowest BCUT2D eigenvalue weighted by Gasteiger charge is -2.28. The van der Waals surface area contributed by atoms with Crippen molar-refractivity contribution in [1.82, 2.24) is 5.32 Å². The van der Waals surface area contributed by atoms with E-state index in [0.717, 1.165) is 0 Å². The molecule has 2 aromatic rings. The highest BCUT2D eigenvalue weighted by Gasteiger charge is 2.51. The molecule has 132 valence electrons. The fraction of sp³-hybridized carbons (Fsp3) is 0.167. The van der Waals surface area contributed by atoms with Gasteiger partial charge in [-0.25, -0.2) is 4.39 Å². The predicted molar refractivity (Wildman–Crippen MR) is 99.2 cm³/mol. The van der Waals surface area contributed by atoms with E-state index in [-0.39, 0.29) is 15.7 Å². The molecular weight excluding hydrogens is 377 g/mol. The van der Waals surface area contributed by atoms with Crippen molar-refractivity contribution >= 4 is 40.5 Å². The lowest BCUT2D eigenvalue weighted by atomic mass is 9.89. The van der Waals surface area contributed by atoms with Gasteiger partial charge in [0.15, 0.2) is 5.11 Å². The minimum atomic E-state index is -1.44. The van der Waals surface area contributed by atoms with Crippen LogP contribution in [0.15, 0.2) is 42.5 Å². The molecule has 1 aliphatic heterocycles. The summed E-state index contributed by atoms with van der Waals surface area (Å²) in [6, 6.07) is 11.7. The normalized spacial score (nSPS) is 20.7. The van der Waals surface area contributed by atoms with Crippen molar-refractivity contribution in [1.29, 1.82) is 5.26 Å². The lowest BCUT2D eigenvalue weighted by molar-refractivity contribution is -0.125. The Kier molecular flexibility index (Phi) is 4.67. The van der Waals surface area contributed by atoms with E-state index in [2.05, 4.69) is 5.32 Å². The van der Waals surface area contributed by atoms with E-state index in [1.165, 1.54) is 48.2 Å². The van der Waals surface area contributed by atoms with Gasteiger partial charge in [0, 0.05) is 0 Å². The first kappa shape index (κ1) is 18.3. The quantitative estimate of drug-likeness (QED) is 0.789. The maximum Gasteiger partial charge on any atom is 0.261 e. The number of halogens is 2. The number of aliphatic hydroxyl groups excluding tert-OH is 1. The molecular formula is C18H13ClFN3O2S. The number of nitrogens with zero attached hydrogens (tertiary/aromatic N) is 2. The monoisotopic (exact) mass is 389 g/mol. The lowest BCUT2D eigenvalue weighted by Crippen LogP contribution is -2.49. The first-order valence-corrected chi connectivity index (χ1v) is 8.36. The number of thiocarbonyl (C=S) groups is 1. The second kappa shape index (κ2) is 6.65. The third-order valence-electron chi connectivity index (χ3n) is 4.28. The van der Waals surface area contributed by atoms with Gasteiger partial charge in [-0.1, -0.05) is 23.7 Å². The Morgan fingerprint density at radius 1 is 1.35 bits per heavy atom. The van der Waals surface area contributed by atoms with Crippen LogP contribution in [-0.4, -0.2) is 21.7 Å². The van der Waals surface area contributed by atoms with Gasteiger partial charge >= 0.3 is 0 Å². The molecule has 2 N–H and O–H groups in total. The van der Waals surface area contributed by atoms with E-state index < -0.39 is 23.4 Å². The van der Waals surface area contributed by atoms with Crippen LogP contribution >= 0.6 is 23.8 Å². The van der Waals surface area contributed by atoms with Gasteiger partial charge in [0.05, 0.1) is 16.3 Å². The number of hydrogen-bond acceptors (Lipinski definition) is 4. The molecule has 0 aromatic heterocycles. The fourth-order valence-electron chi connectivity index (χ4n) is 2.79. The summed E-state index contributed by atoms with van der Waals surface area (Å²) in [5, 5.41) is 22.8. The third kappa shape index (κ3) is 2.92. The molecule has 0 spiro atoms. The van der Waals surface area contributed by atoms with Gasteiger partial charge in [-0.3, -0.25) is 9.69 Å². The number of anilines is 1. The maximum absolute atomic E-state index is 13.1. The zero-order valence-corrected chi connectivity index (χ0v) is 15.1. The van der Waals surface area contributed by atoms with E-state index in [4.69, 9.17) is 29.1 Å². The number of carbonyl (C=O) groups excluding carboxylic acids is 1. The van der Waals surface area contributed by atoms with Crippen LogP contribution in [-0.2, 0) is 4.79 Å². The number of nitrogens with one attached hydrogen (secondary N) is 1. The van der Waals surface area contributed by atoms with Crippen molar-refractivity contribution in [2.45, 2.75) is 18.6 Å². The van der Waals surface area contributed by atoms with E-state index in [0.29, 0.717) is 11.3 Å². The van der Waals surface area contributed by atoms with Gasteiger partial charge in [0.2, 0.25) is 0 Å². The molecule has 0 aliphatic carbocycles. The van der Waals surface area contributed by atoms with E-state index in [9.17, 15) is 14.3 Å². The van der Waals surface area contributed by atoms with E-state index in [1.54, 1.807) is 6.07 Å². The molecule has 0 bridgehead atoms. The van der Waals surface area contributed by atoms with Gasteiger partial charge in [0.25, 0.3) is 5.91 Å². The molecule has 0 unspecified atom stereocenters. The van der Waals surface area contributed by atoms with Gasteiger partial charge in [-0.15, -0.1) is 0 Å². The highest BCUT2D eigenvalue weighted by Crippen LogP contribution is 2.35. The smallest absolute Gasteiger partial charge is 0.261 e. The second-order valence-corrected chi connectivity index (χ2v) is 6.80. The Morgan fingerprint density at radius 2 is 2.00 bits per heavy atom. The van der Waals surface area contributed by atoms with Crippen LogP contribution in [0.3, 0.4) is 0 Å². The summed E-state index contributed by atoms with van der Waals surface area (Å²) >= 11 is 11.3. The molecule has 0 radical (unpaired) electrons. The van der Waals surface area contributed by atoms with Gasteiger partial charge in [-0.2, -0.15) is 5.26 Å². The number of benzene rings is 2. The Labute approximate surface area is 159 Å². The first-order valence-electron chi connectivity index (χ1n) is 7.58. The summed E-state index contributed by atoms with van der Waals surface area (Å²) in [5.41, 5.74) is -0.409. The van der Waals surface area contributed by atoms with Crippen molar-refractivity contribution in [2.75, 3.05) is 4.90 Å². The van der Waals surface area contributed by atoms with Crippen molar-refractivity contribution in [2.24, 2.45) is 0 Å². The van der Waals surface area contributed by atoms with Gasteiger partial charge in [0.1, 0.15) is 23.5 Å². The summed E-state index contributed by atoms with van der Waals surface area (Å²) in [4.78, 5) is 14.2. The second-order valence-electron chi connectivity index (χ2n) is 6.00. The topological polar surface area (TPSA) is 76.4 Å². The van der Waals surface area contributed by atoms with Crippen LogP contribution in [0.4, 0.5) is 10.1 Å². The molecule has 1 saturated heterocycles. The standard InChI is InChI=1S/C18H13ClFN3O2S/c1-18(15(24)10-2-5-12(20)6-3-10)16(25)23(17(26)22-18)13-7-4-11(9-21)14(19)8-13/h2-8,15,24H,1H3,(H,22,26)/t15-,18+/m0/s1. The minimum absolute atomic E-state index is 0.0967. The minimum Gasteiger partial charge on any atom is -0.385 e. The van der Waals surface area contributed by atoms with Crippen LogP contribution < -0.4 is 10.2 Å². The van der Waals surface area contributed by atoms with Crippen molar-refractivity contribution < 1.29 is 14.3 Å². The highest BCUT2D eigenvalue weighted by molar-refractivity contribution is 7.80. The molecule has 26 heavy (non-hydrogen) atoms. The summed E-state index contributed by atoms with van der Waals surface area (Å²) in [5.74, 6) is -0.929. The van der Waals surface area contributed by atoms with Gasteiger partial charge in [-0.05, 0) is 55.0 Å². The summed E-state index contributed by atoms with van der Waals surface area (Å²) in [7, 11) is 0. The number of carbonyl (C=O) groups is 1. The Morgan fingerprint density at radius 3 is 2.58 bits per heavy atom. The SMILES string of the molecule is C[C@]1([C@@H](O)c2ccc(F)cc2)NC(=S)N(c2ccc(C#N)c(Cl)c2)C1=O. The first-order chi connectivity index (χ1) is 12.3. The molecule has 8 heteroatoms. The number of aliphatic hydroxyl groups is 1. The van der Waals surface area contributed by atoms with E-state index >= 15 is 0 Å². The number of amides is 1. The molecule has 1 amide bonds. The number of hydrogen-bond donors (Lipinski definition) is 2. The largest absolute Gasteiger partial charge is 0.385 e. The van der Waals surface area contributed by atoms with Crippen molar-refractivity contribution in [3.63, 3.8) is 0 Å². The van der Waals surface area contributed by atoms with Crippen LogP contribution in [0, 0.1) is 17.1 Å². The van der Waals surface area contributed by atoms with E-state index in [1.807, 2.05) is 6.07 Å². The average Bonchev–Trinajstić information content (AvgIpc) is 2.85. The van der Waals surface area contributed by atoms with Crippen molar-refractivity contribution in [3.05, 3.63) is 64.4 Å². The summed E-state index contributed by atoms with van der Waals surface area (Å²) < 4.78 is 13.1. The fourth-order valence-corrected chi connectivity index (χ4v) is 3.41. The molecule has 3 rings (SSSR count). The Balaban J connectivity index is 1.96.